The molecule has 5 nitrogen and oxygen atoms in total. The average Bonchev–Trinajstić information content (AvgIpc) is 3.17. The van der Waals surface area contributed by atoms with Gasteiger partial charge in [-0.05, 0) is 56.2 Å². The van der Waals surface area contributed by atoms with E-state index in [0.717, 1.165) is 16.8 Å². The number of carbonyl (C=O) groups excluding carboxylic acids is 3. The molecule has 0 unspecified atom stereocenters. The van der Waals surface area contributed by atoms with E-state index >= 15 is 0 Å². The molecule has 4 atom stereocenters. The Morgan fingerprint density at radius 1 is 1.00 bits per heavy atom. The molecule has 152 valence electrons. The number of Topliss-reactive ketones (excluding diaryl/α,β-unsaturated/α-hetero) is 1. The van der Waals surface area contributed by atoms with Gasteiger partial charge in [-0.1, -0.05) is 41.4 Å². The second-order valence-corrected chi connectivity index (χ2v) is 8.73. The summed E-state index contributed by atoms with van der Waals surface area (Å²) in [5, 5.41) is 0.497. The van der Waals surface area contributed by atoms with E-state index in [2.05, 4.69) is 6.07 Å². The quantitative estimate of drug-likeness (QED) is 0.690. The number of nitrogens with zero attached hydrogens (tertiary/aromatic N) is 2. The van der Waals surface area contributed by atoms with Crippen molar-refractivity contribution in [3.63, 3.8) is 0 Å². The number of fused-ring (bicyclic) bond motifs is 5. The fourth-order valence-electron chi connectivity index (χ4n) is 5.23. The zero-order valence-corrected chi connectivity index (χ0v) is 17.7. The van der Waals surface area contributed by atoms with Crippen LogP contribution in [0.25, 0.3) is 6.08 Å². The second-order valence-electron chi connectivity index (χ2n) is 8.32. The van der Waals surface area contributed by atoms with Gasteiger partial charge in [0.25, 0.3) is 0 Å². The van der Waals surface area contributed by atoms with Gasteiger partial charge in [0.1, 0.15) is 6.04 Å². The number of aryl methyl sites for hydroxylation is 1. The van der Waals surface area contributed by atoms with Gasteiger partial charge in [0.15, 0.2) is 5.78 Å². The van der Waals surface area contributed by atoms with Gasteiger partial charge in [0.05, 0.1) is 23.6 Å². The molecule has 2 aromatic rings. The summed E-state index contributed by atoms with van der Waals surface area (Å²) in [6.45, 7) is 5.31. The van der Waals surface area contributed by atoms with Crippen LogP contribution in [-0.4, -0.2) is 29.7 Å². The first kappa shape index (κ1) is 19.1. The van der Waals surface area contributed by atoms with Crippen LogP contribution in [0.2, 0.25) is 5.02 Å². The molecule has 3 heterocycles. The van der Waals surface area contributed by atoms with Gasteiger partial charge in [-0.15, -0.1) is 0 Å². The number of ketones is 1. The Balaban J connectivity index is 1.64. The smallest absolute Gasteiger partial charge is 0.240 e. The minimum atomic E-state index is -0.713. The van der Waals surface area contributed by atoms with Gasteiger partial charge >= 0.3 is 0 Å². The molecule has 3 aliphatic rings. The van der Waals surface area contributed by atoms with Crippen molar-refractivity contribution in [1.82, 2.24) is 0 Å². The standard InChI is InChI=1S/C24H21ClN2O3/c1-12-7-9-18-15(11-12)8-10-19-20-21(22(14(3)28)26(18)19)24(30)27(23(20)29)17-6-4-5-16(25)13(17)2/h4-11,19-22H,1-3H3/t19-,20+,21-,22-/m0/s1. The van der Waals surface area contributed by atoms with Crippen LogP contribution in [0, 0.1) is 25.7 Å². The highest BCUT2D eigenvalue weighted by molar-refractivity contribution is 6.32. The number of amides is 2. The van der Waals surface area contributed by atoms with Gasteiger partial charge in [-0.2, -0.15) is 0 Å². The van der Waals surface area contributed by atoms with Crippen molar-refractivity contribution in [3.05, 3.63) is 64.2 Å². The summed E-state index contributed by atoms with van der Waals surface area (Å²) in [6.07, 6.45) is 3.95. The van der Waals surface area contributed by atoms with E-state index in [-0.39, 0.29) is 23.6 Å². The van der Waals surface area contributed by atoms with Gasteiger partial charge in [-0.25, -0.2) is 4.90 Å². The molecule has 0 spiro atoms. The summed E-state index contributed by atoms with van der Waals surface area (Å²) < 4.78 is 0. The summed E-state index contributed by atoms with van der Waals surface area (Å²) in [5.74, 6) is -2.02. The minimum Gasteiger partial charge on any atom is -0.353 e. The molecule has 3 aliphatic heterocycles. The highest BCUT2D eigenvalue weighted by Gasteiger charge is 2.63. The number of benzene rings is 2. The van der Waals surface area contributed by atoms with Crippen LogP contribution >= 0.6 is 11.6 Å². The molecule has 30 heavy (non-hydrogen) atoms. The van der Waals surface area contributed by atoms with Crippen molar-refractivity contribution in [2.45, 2.75) is 32.9 Å². The molecule has 2 saturated heterocycles. The summed E-state index contributed by atoms with van der Waals surface area (Å²) in [6, 6.07) is 10.2. The topological polar surface area (TPSA) is 57.7 Å². The van der Waals surface area contributed by atoms with Gasteiger partial charge in [0, 0.05) is 10.7 Å². The zero-order chi connectivity index (χ0) is 21.3. The summed E-state index contributed by atoms with van der Waals surface area (Å²) in [5.41, 5.74) is 4.19. The van der Waals surface area contributed by atoms with Crippen LogP contribution in [0.1, 0.15) is 23.6 Å². The van der Waals surface area contributed by atoms with Gasteiger partial charge < -0.3 is 4.90 Å². The molecule has 2 amide bonds. The van der Waals surface area contributed by atoms with Crippen molar-refractivity contribution < 1.29 is 14.4 Å². The molecule has 0 aliphatic carbocycles. The first-order valence-corrected chi connectivity index (χ1v) is 10.4. The van der Waals surface area contributed by atoms with Crippen LogP contribution < -0.4 is 9.80 Å². The molecule has 0 N–H and O–H groups in total. The highest BCUT2D eigenvalue weighted by Crippen LogP contribution is 2.49. The summed E-state index contributed by atoms with van der Waals surface area (Å²) in [4.78, 5) is 43.1. The maximum Gasteiger partial charge on any atom is 0.240 e. The largest absolute Gasteiger partial charge is 0.353 e. The molecule has 0 radical (unpaired) electrons. The lowest BCUT2D eigenvalue weighted by molar-refractivity contribution is -0.126. The third-order valence-electron chi connectivity index (χ3n) is 6.56. The molecule has 5 rings (SSSR count). The molecule has 2 aromatic carbocycles. The number of carbonyl (C=O) groups is 3. The molecule has 2 fully saturated rings. The van der Waals surface area contributed by atoms with Crippen LogP contribution in [0.15, 0.2) is 42.5 Å². The van der Waals surface area contributed by atoms with E-state index in [4.69, 9.17) is 11.6 Å². The molecule has 0 aromatic heterocycles. The van der Waals surface area contributed by atoms with Crippen LogP contribution in [0.4, 0.5) is 11.4 Å². The van der Waals surface area contributed by atoms with Gasteiger partial charge in [0.2, 0.25) is 11.8 Å². The summed E-state index contributed by atoms with van der Waals surface area (Å²) >= 11 is 6.24. The lowest BCUT2D eigenvalue weighted by Gasteiger charge is -2.36. The van der Waals surface area contributed by atoms with E-state index < -0.39 is 17.9 Å². The zero-order valence-electron chi connectivity index (χ0n) is 16.9. The monoisotopic (exact) mass is 420 g/mol. The van der Waals surface area contributed by atoms with Crippen molar-refractivity contribution in [3.8, 4) is 0 Å². The van der Waals surface area contributed by atoms with Crippen molar-refractivity contribution >= 4 is 46.6 Å². The van der Waals surface area contributed by atoms with E-state index in [9.17, 15) is 14.4 Å². The number of hydrogen-bond acceptors (Lipinski definition) is 4. The van der Waals surface area contributed by atoms with Gasteiger partial charge in [-0.3, -0.25) is 14.4 Å². The van der Waals surface area contributed by atoms with Crippen molar-refractivity contribution in [2.75, 3.05) is 9.80 Å². The maximum atomic E-state index is 13.5. The van der Waals surface area contributed by atoms with E-state index in [1.807, 2.05) is 36.1 Å². The fraction of sp³-hybridized carbons (Fsp3) is 0.292. The number of rotatable bonds is 2. The number of anilines is 2. The van der Waals surface area contributed by atoms with Crippen LogP contribution in [-0.2, 0) is 14.4 Å². The maximum absolute atomic E-state index is 13.5. The third-order valence-corrected chi connectivity index (χ3v) is 6.97. The van der Waals surface area contributed by atoms with E-state index in [1.165, 1.54) is 11.8 Å². The Morgan fingerprint density at radius 2 is 1.73 bits per heavy atom. The normalized spacial score (nSPS) is 26.7. The van der Waals surface area contributed by atoms with E-state index in [0.29, 0.717) is 16.3 Å². The predicted molar refractivity (Wildman–Crippen MR) is 117 cm³/mol. The Labute approximate surface area is 179 Å². The Bertz CT molecular complexity index is 1160. The average molecular weight is 421 g/mol. The minimum absolute atomic E-state index is 0.111. The molecular formula is C24H21ClN2O3. The summed E-state index contributed by atoms with van der Waals surface area (Å²) in [7, 11) is 0. The lowest BCUT2D eigenvalue weighted by Crippen LogP contribution is -2.48. The number of hydrogen-bond donors (Lipinski definition) is 0. The van der Waals surface area contributed by atoms with Crippen molar-refractivity contribution in [2.24, 2.45) is 11.8 Å². The molecule has 0 saturated carbocycles. The van der Waals surface area contributed by atoms with E-state index in [1.54, 1.807) is 25.1 Å². The molecular weight excluding hydrogens is 400 g/mol. The number of imide groups is 1. The fourth-order valence-corrected chi connectivity index (χ4v) is 5.40. The third kappa shape index (κ3) is 2.45. The highest BCUT2D eigenvalue weighted by atomic mass is 35.5. The first-order chi connectivity index (χ1) is 14.3. The van der Waals surface area contributed by atoms with Crippen molar-refractivity contribution in [1.29, 1.82) is 0 Å². The van der Waals surface area contributed by atoms with Crippen LogP contribution in [0.3, 0.4) is 0 Å². The second kappa shape index (κ2) is 6.54. The molecule has 0 bridgehead atoms. The number of halogens is 1. The predicted octanol–water partition coefficient (Wildman–Crippen LogP) is 3.94. The lowest BCUT2D eigenvalue weighted by atomic mass is 9.88. The Kier molecular flexibility index (Phi) is 4.16. The Hall–Kier alpha value is -2.92. The van der Waals surface area contributed by atoms with Crippen LogP contribution in [0.5, 0.6) is 0 Å². The SMILES string of the molecule is CC(=O)[C@H]1[C@H]2C(=O)N(c3cccc(Cl)c3C)C(=O)[C@@H]2[C@@H]2C=Cc3cc(C)ccc3N21. The first-order valence-electron chi connectivity index (χ1n) is 10.0. The Morgan fingerprint density at radius 3 is 2.47 bits per heavy atom. The molecule has 6 heteroatoms.